The molecule has 1 N–H and O–H groups in total. The second-order valence-electron chi connectivity index (χ2n) is 5.15. The molecule has 1 atom stereocenters. The monoisotopic (exact) mass is 237 g/mol. The summed E-state index contributed by atoms with van der Waals surface area (Å²) < 4.78 is 0. The Hall–Kier alpha value is -0.410. The lowest BCUT2D eigenvalue weighted by molar-refractivity contribution is 0.159. The van der Waals surface area contributed by atoms with E-state index in [1.54, 1.807) is 0 Å². The highest BCUT2D eigenvalue weighted by Crippen LogP contribution is 2.37. The molecule has 1 fully saturated rings. The van der Waals surface area contributed by atoms with Gasteiger partial charge >= 0.3 is 0 Å². The highest BCUT2D eigenvalue weighted by molar-refractivity contribution is 7.11. The van der Waals surface area contributed by atoms with Crippen LogP contribution in [0.5, 0.6) is 0 Å². The summed E-state index contributed by atoms with van der Waals surface area (Å²) in [6.45, 7) is 0. The quantitative estimate of drug-likeness (QED) is 0.814. The van der Waals surface area contributed by atoms with Crippen molar-refractivity contribution in [3.63, 3.8) is 0 Å². The van der Waals surface area contributed by atoms with Gasteiger partial charge in [-0.3, -0.25) is 0 Å². The topological polar surface area (TPSA) is 33.1 Å². The predicted molar refractivity (Wildman–Crippen MR) is 66.0 cm³/mol. The molecule has 88 valence electrons. The summed E-state index contributed by atoms with van der Waals surface area (Å²) in [4.78, 5) is 6.18. The number of aliphatic hydroxyl groups is 1. The van der Waals surface area contributed by atoms with Crippen LogP contribution in [0.2, 0.25) is 0 Å². The van der Waals surface area contributed by atoms with Gasteiger partial charge in [0.05, 0.1) is 16.8 Å². The summed E-state index contributed by atoms with van der Waals surface area (Å²) in [5.74, 6) is 0.724. The predicted octanol–water partition coefficient (Wildman–Crippen LogP) is 3.04. The molecule has 3 rings (SSSR count). The van der Waals surface area contributed by atoms with Crippen LogP contribution in [0.3, 0.4) is 0 Å². The molecule has 0 aliphatic heterocycles. The van der Waals surface area contributed by atoms with Crippen LogP contribution in [-0.2, 0) is 12.8 Å². The summed E-state index contributed by atoms with van der Waals surface area (Å²) >= 11 is 1.87. The molecule has 0 bridgehead atoms. The number of rotatable bonds is 1. The molecule has 2 aliphatic carbocycles. The molecular formula is C13H19NOS. The summed E-state index contributed by atoms with van der Waals surface area (Å²) in [5.41, 5.74) is 1.29. The molecule has 1 heterocycles. The van der Waals surface area contributed by atoms with Crippen LogP contribution in [0, 0.1) is 0 Å². The Morgan fingerprint density at radius 3 is 2.75 bits per heavy atom. The molecule has 3 heteroatoms. The van der Waals surface area contributed by atoms with Gasteiger partial charge in [-0.1, -0.05) is 19.3 Å². The van der Waals surface area contributed by atoms with Crippen molar-refractivity contribution in [3.05, 3.63) is 15.6 Å². The lowest BCUT2D eigenvalue weighted by atomic mass is 9.90. The van der Waals surface area contributed by atoms with E-state index < -0.39 is 0 Å². The third-order valence-corrected chi connectivity index (χ3v) is 5.17. The molecule has 1 aromatic heterocycles. The van der Waals surface area contributed by atoms with E-state index >= 15 is 0 Å². The molecule has 2 nitrogen and oxygen atoms in total. The second-order valence-corrected chi connectivity index (χ2v) is 6.27. The van der Waals surface area contributed by atoms with Gasteiger partial charge in [-0.25, -0.2) is 4.98 Å². The fraction of sp³-hybridized carbons (Fsp3) is 0.769. The number of aliphatic hydroxyl groups excluding tert-OH is 1. The lowest BCUT2D eigenvalue weighted by Gasteiger charge is -2.18. The molecule has 1 aromatic rings. The Morgan fingerprint density at radius 1 is 1.12 bits per heavy atom. The van der Waals surface area contributed by atoms with Crippen LogP contribution in [0.15, 0.2) is 0 Å². The van der Waals surface area contributed by atoms with Crippen LogP contribution in [-0.4, -0.2) is 16.2 Å². The van der Waals surface area contributed by atoms with Crippen LogP contribution in [0.1, 0.15) is 60.0 Å². The van der Waals surface area contributed by atoms with Crippen LogP contribution in [0.25, 0.3) is 0 Å². The minimum absolute atomic E-state index is 0.118. The van der Waals surface area contributed by atoms with Gasteiger partial charge in [0.25, 0.3) is 0 Å². The zero-order chi connectivity index (χ0) is 11.0. The average molecular weight is 237 g/mol. The van der Waals surface area contributed by atoms with E-state index in [0.29, 0.717) is 0 Å². The molecule has 0 aromatic carbocycles. The van der Waals surface area contributed by atoms with Gasteiger partial charge in [0.1, 0.15) is 0 Å². The zero-order valence-corrected chi connectivity index (χ0v) is 10.4. The smallest absolute Gasteiger partial charge is 0.0962 e. The fourth-order valence-electron chi connectivity index (χ4n) is 2.90. The first-order chi connectivity index (χ1) is 7.83. The lowest BCUT2D eigenvalue weighted by Crippen LogP contribution is -2.17. The van der Waals surface area contributed by atoms with Crippen molar-refractivity contribution in [1.29, 1.82) is 0 Å². The van der Waals surface area contributed by atoms with E-state index in [4.69, 9.17) is 4.98 Å². The number of thiazole rings is 1. The Bertz CT molecular complexity index is 368. The van der Waals surface area contributed by atoms with Gasteiger partial charge in [-0.15, -0.1) is 11.3 Å². The average Bonchev–Trinajstić information content (AvgIpc) is 2.73. The van der Waals surface area contributed by atoms with Crippen molar-refractivity contribution >= 4 is 11.3 Å². The molecule has 1 saturated carbocycles. The van der Waals surface area contributed by atoms with Crippen molar-refractivity contribution in [2.45, 2.75) is 63.4 Å². The first-order valence-electron chi connectivity index (χ1n) is 6.49. The number of hydrogen-bond donors (Lipinski definition) is 1. The SMILES string of the molecule is OC1CCc2nc(C3CCCCC3)sc2C1. The third-order valence-electron chi connectivity index (χ3n) is 3.88. The Morgan fingerprint density at radius 2 is 1.94 bits per heavy atom. The van der Waals surface area contributed by atoms with Crippen molar-refractivity contribution in [1.82, 2.24) is 4.98 Å². The van der Waals surface area contributed by atoms with E-state index in [-0.39, 0.29) is 6.10 Å². The molecule has 16 heavy (non-hydrogen) atoms. The van der Waals surface area contributed by atoms with Crippen molar-refractivity contribution in [2.75, 3.05) is 0 Å². The maximum absolute atomic E-state index is 9.65. The minimum atomic E-state index is -0.118. The molecule has 1 unspecified atom stereocenters. The summed E-state index contributed by atoms with van der Waals surface area (Å²) in [6.07, 6.45) is 9.42. The first-order valence-corrected chi connectivity index (χ1v) is 7.31. The zero-order valence-electron chi connectivity index (χ0n) is 9.61. The van der Waals surface area contributed by atoms with Gasteiger partial charge < -0.3 is 5.11 Å². The van der Waals surface area contributed by atoms with Gasteiger partial charge in [0.2, 0.25) is 0 Å². The van der Waals surface area contributed by atoms with Crippen LogP contribution < -0.4 is 0 Å². The normalized spacial score (nSPS) is 26.7. The first kappa shape index (κ1) is 10.7. The molecular weight excluding hydrogens is 218 g/mol. The number of hydrogen-bond acceptors (Lipinski definition) is 3. The summed E-state index contributed by atoms with van der Waals surface area (Å²) in [7, 11) is 0. The van der Waals surface area contributed by atoms with Gasteiger partial charge in [0, 0.05) is 17.2 Å². The molecule has 0 amide bonds. The van der Waals surface area contributed by atoms with Crippen LogP contribution >= 0.6 is 11.3 Å². The highest BCUT2D eigenvalue weighted by Gasteiger charge is 2.24. The maximum Gasteiger partial charge on any atom is 0.0962 e. The largest absolute Gasteiger partial charge is 0.393 e. The molecule has 0 radical (unpaired) electrons. The maximum atomic E-state index is 9.65. The highest BCUT2D eigenvalue weighted by atomic mass is 32.1. The van der Waals surface area contributed by atoms with Gasteiger partial charge in [0.15, 0.2) is 0 Å². The number of aryl methyl sites for hydroxylation is 1. The van der Waals surface area contributed by atoms with Crippen molar-refractivity contribution in [2.24, 2.45) is 0 Å². The minimum Gasteiger partial charge on any atom is -0.393 e. The molecule has 2 aliphatic rings. The third kappa shape index (κ3) is 2.03. The number of fused-ring (bicyclic) bond motifs is 1. The summed E-state index contributed by atoms with van der Waals surface area (Å²) in [6, 6.07) is 0. The van der Waals surface area contributed by atoms with E-state index in [1.807, 2.05) is 11.3 Å². The van der Waals surface area contributed by atoms with Gasteiger partial charge in [-0.2, -0.15) is 0 Å². The Balaban J connectivity index is 1.80. The van der Waals surface area contributed by atoms with Crippen molar-refractivity contribution in [3.8, 4) is 0 Å². The van der Waals surface area contributed by atoms with Crippen molar-refractivity contribution < 1.29 is 5.11 Å². The number of nitrogens with zero attached hydrogens (tertiary/aromatic N) is 1. The standard InChI is InChI=1S/C13H19NOS/c15-10-6-7-11-12(8-10)16-13(14-11)9-4-2-1-3-5-9/h9-10,15H,1-8H2. The Kier molecular flexibility index (Phi) is 2.99. The van der Waals surface area contributed by atoms with E-state index in [1.165, 1.54) is 47.7 Å². The fourth-order valence-corrected chi connectivity index (χ4v) is 4.25. The van der Waals surface area contributed by atoms with E-state index in [2.05, 4.69) is 0 Å². The van der Waals surface area contributed by atoms with Crippen LogP contribution in [0.4, 0.5) is 0 Å². The van der Waals surface area contributed by atoms with E-state index in [9.17, 15) is 5.11 Å². The molecule has 0 saturated heterocycles. The second kappa shape index (κ2) is 4.46. The summed E-state index contributed by atoms with van der Waals surface area (Å²) in [5, 5.41) is 11.0. The molecule has 0 spiro atoms. The Labute approximate surface area is 101 Å². The number of aromatic nitrogens is 1. The van der Waals surface area contributed by atoms with E-state index in [0.717, 1.165) is 25.2 Å². The van der Waals surface area contributed by atoms with Gasteiger partial charge in [-0.05, 0) is 25.7 Å².